The summed E-state index contributed by atoms with van der Waals surface area (Å²) in [5, 5.41) is 3.97. The third-order valence-electron chi connectivity index (χ3n) is 4.43. The van der Waals surface area contributed by atoms with Crippen LogP contribution < -0.4 is 9.46 Å². The molecule has 0 saturated heterocycles. The monoisotopic (exact) mass is 446 g/mol. The number of nitrogens with zero attached hydrogens (tertiary/aromatic N) is 3. The van der Waals surface area contributed by atoms with Gasteiger partial charge >= 0.3 is 0 Å². The summed E-state index contributed by atoms with van der Waals surface area (Å²) in [6, 6.07) is 9.02. The predicted molar refractivity (Wildman–Crippen MR) is 114 cm³/mol. The Labute approximate surface area is 181 Å². The molecule has 0 spiro atoms. The molecule has 9 nitrogen and oxygen atoms in total. The number of sulfonamides is 1. The van der Waals surface area contributed by atoms with E-state index in [2.05, 4.69) is 19.8 Å². The van der Waals surface area contributed by atoms with Gasteiger partial charge in [-0.3, -0.25) is 4.98 Å². The van der Waals surface area contributed by atoms with Crippen molar-refractivity contribution in [2.45, 2.75) is 31.7 Å². The summed E-state index contributed by atoms with van der Waals surface area (Å²) in [7, 11) is -3.82. The molecule has 0 fully saturated rings. The summed E-state index contributed by atoms with van der Waals surface area (Å²) in [6.45, 7) is 7.14. The van der Waals surface area contributed by atoms with Crippen LogP contribution in [0, 0.1) is 5.92 Å². The van der Waals surface area contributed by atoms with Gasteiger partial charge in [-0.2, -0.15) is 9.71 Å². The maximum Gasteiger partial charge on any atom is 0.245 e. The Balaban J connectivity index is 1.73. The van der Waals surface area contributed by atoms with Crippen LogP contribution in [-0.4, -0.2) is 43.4 Å². The number of benzene rings is 1. The highest BCUT2D eigenvalue weighted by Gasteiger charge is 2.28. The lowest BCUT2D eigenvalue weighted by atomic mass is 10.1. The lowest BCUT2D eigenvalue weighted by Crippen LogP contribution is -2.32. The second-order valence-electron chi connectivity index (χ2n) is 7.05. The van der Waals surface area contributed by atoms with E-state index >= 15 is 0 Å². The van der Waals surface area contributed by atoms with Crippen molar-refractivity contribution in [3.63, 3.8) is 0 Å². The fourth-order valence-corrected chi connectivity index (χ4v) is 4.10. The first-order valence-corrected chi connectivity index (χ1v) is 11.5. The third-order valence-corrected chi connectivity index (χ3v) is 5.89. The molecule has 1 unspecified atom stereocenters. The second-order valence-corrected chi connectivity index (χ2v) is 8.77. The van der Waals surface area contributed by atoms with E-state index in [0.717, 1.165) is 5.56 Å². The van der Waals surface area contributed by atoms with Crippen LogP contribution in [0.1, 0.15) is 32.7 Å². The third kappa shape index (κ3) is 6.09. The number of pyridine rings is 1. The summed E-state index contributed by atoms with van der Waals surface area (Å²) in [5.74, 6) is 1.01. The number of rotatable bonds is 11. The van der Waals surface area contributed by atoms with Crippen molar-refractivity contribution in [1.29, 1.82) is 0 Å². The molecule has 2 heterocycles. The molecule has 1 N–H and O–H groups in total. The number of hydrogen-bond acceptors (Lipinski definition) is 8. The van der Waals surface area contributed by atoms with E-state index in [9.17, 15) is 8.42 Å². The second kappa shape index (κ2) is 10.5. The number of ether oxygens (including phenoxy) is 2. The van der Waals surface area contributed by atoms with Gasteiger partial charge in [0, 0.05) is 24.6 Å². The van der Waals surface area contributed by atoms with E-state index in [0.29, 0.717) is 31.4 Å². The molecule has 2 aromatic heterocycles. The van der Waals surface area contributed by atoms with Crippen molar-refractivity contribution in [1.82, 2.24) is 19.8 Å². The van der Waals surface area contributed by atoms with Gasteiger partial charge in [-0.25, -0.2) is 8.42 Å². The van der Waals surface area contributed by atoms with Gasteiger partial charge in [0.1, 0.15) is 18.4 Å². The summed E-state index contributed by atoms with van der Waals surface area (Å²) in [6.07, 6.45) is 3.25. The zero-order valence-electron chi connectivity index (χ0n) is 17.7. The van der Waals surface area contributed by atoms with Gasteiger partial charge in [0.2, 0.25) is 21.7 Å². The average molecular weight is 447 g/mol. The lowest BCUT2D eigenvalue weighted by molar-refractivity contribution is 0.110. The molecule has 1 atom stereocenters. The topological polar surface area (TPSA) is 116 Å². The van der Waals surface area contributed by atoms with Gasteiger partial charge in [-0.15, -0.1) is 0 Å². The van der Waals surface area contributed by atoms with E-state index in [1.807, 2.05) is 20.8 Å². The minimum atomic E-state index is -3.82. The van der Waals surface area contributed by atoms with Gasteiger partial charge in [-0.1, -0.05) is 19.0 Å². The van der Waals surface area contributed by atoms with Crippen LogP contribution in [0.5, 0.6) is 5.75 Å². The van der Waals surface area contributed by atoms with Crippen molar-refractivity contribution in [2.75, 3.05) is 19.8 Å². The molecule has 3 aromatic rings. The summed E-state index contributed by atoms with van der Waals surface area (Å²) >= 11 is 0. The molecule has 0 radical (unpaired) electrons. The van der Waals surface area contributed by atoms with Gasteiger partial charge in [0.15, 0.2) is 0 Å². The maximum atomic E-state index is 12.9. The van der Waals surface area contributed by atoms with Gasteiger partial charge < -0.3 is 14.0 Å². The Morgan fingerprint density at radius 2 is 1.77 bits per heavy atom. The van der Waals surface area contributed by atoms with Crippen molar-refractivity contribution in [3.05, 3.63) is 54.7 Å². The normalized spacial score (nSPS) is 12.8. The highest BCUT2D eigenvalue weighted by atomic mass is 32.2. The smallest absolute Gasteiger partial charge is 0.245 e. The molecule has 31 heavy (non-hydrogen) atoms. The van der Waals surface area contributed by atoms with Crippen LogP contribution in [0.4, 0.5) is 0 Å². The SMILES string of the molecule is CCOCCOc1ccc(S(=O)(=O)NC(c2nc(-c3ccncc3)no2)C(C)C)cc1. The number of nitrogens with one attached hydrogen (secondary N) is 1. The molecule has 0 aliphatic heterocycles. The summed E-state index contributed by atoms with van der Waals surface area (Å²) in [5.41, 5.74) is 0.732. The molecule has 0 aliphatic carbocycles. The Hall–Kier alpha value is -2.82. The molecular weight excluding hydrogens is 420 g/mol. The Morgan fingerprint density at radius 3 is 2.42 bits per heavy atom. The van der Waals surface area contributed by atoms with Crippen LogP contribution in [0.15, 0.2) is 58.2 Å². The number of aromatic nitrogens is 3. The number of hydrogen-bond donors (Lipinski definition) is 1. The summed E-state index contributed by atoms with van der Waals surface area (Å²) in [4.78, 5) is 8.45. The quantitative estimate of drug-likeness (QED) is 0.446. The highest BCUT2D eigenvalue weighted by Crippen LogP contribution is 2.26. The minimum Gasteiger partial charge on any atom is -0.491 e. The van der Waals surface area contributed by atoms with Crippen molar-refractivity contribution < 1.29 is 22.4 Å². The molecule has 10 heteroatoms. The molecule has 0 saturated carbocycles. The molecule has 0 aliphatic rings. The van der Waals surface area contributed by atoms with Crippen molar-refractivity contribution in [3.8, 4) is 17.1 Å². The predicted octanol–water partition coefficient (Wildman–Crippen LogP) is 3.22. The lowest BCUT2D eigenvalue weighted by Gasteiger charge is -2.18. The van der Waals surface area contributed by atoms with Crippen LogP contribution in [0.2, 0.25) is 0 Å². The zero-order valence-corrected chi connectivity index (χ0v) is 18.5. The van der Waals surface area contributed by atoms with E-state index in [1.54, 1.807) is 36.7 Å². The van der Waals surface area contributed by atoms with Crippen molar-refractivity contribution in [2.24, 2.45) is 5.92 Å². The van der Waals surface area contributed by atoms with Gasteiger partial charge in [0.05, 0.1) is 11.5 Å². The Bertz CT molecular complexity index is 1050. The Kier molecular flexibility index (Phi) is 7.72. The molecule has 0 bridgehead atoms. The minimum absolute atomic E-state index is 0.115. The molecular formula is C21H26N4O5S. The Morgan fingerprint density at radius 1 is 1.06 bits per heavy atom. The maximum absolute atomic E-state index is 12.9. The standard InChI is InChI=1S/C21H26N4O5S/c1-4-28-13-14-29-17-5-7-18(8-6-17)31(26,27)25-19(15(2)3)21-23-20(24-30-21)16-9-11-22-12-10-16/h5-12,15,19,25H,4,13-14H2,1-3H3. The van der Waals surface area contributed by atoms with E-state index < -0.39 is 16.1 Å². The first kappa shape index (κ1) is 22.9. The molecule has 3 rings (SSSR count). The van der Waals surface area contributed by atoms with E-state index in [1.165, 1.54) is 12.1 Å². The van der Waals surface area contributed by atoms with Crippen LogP contribution >= 0.6 is 0 Å². The average Bonchev–Trinajstić information content (AvgIpc) is 3.26. The molecule has 166 valence electrons. The van der Waals surface area contributed by atoms with Gasteiger partial charge in [-0.05, 0) is 49.2 Å². The highest BCUT2D eigenvalue weighted by molar-refractivity contribution is 7.89. The molecule has 1 aromatic carbocycles. The van der Waals surface area contributed by atoms with Crippen LogP contribution in [0.25, 0.3) is 11.4 Å². The zero-order chi connectivity index (χ0) is 22.3. The van der Waals surface area contributed by atoms with E-state index in [-0.39, 0.29) is 16.7 Å². The largest absolute Gasteiger partial charge is 0.491 e. The van der Waals surface area contributed by atoms with E-state index in [4.69, 9.17) is 14.0 Å². The van der Waals surface area contributed by atoms with Crippen LogP contribution in [-0.2, 0) is 14.8 Å². The fourth-order valence-electron chi connectivity index (χ4n) is 2.76. The summed E-state index contributed by atoms with van der Waals surface area (Å²) < 4.78 is 44.7. The fraction of sp³-hybridized carbons (Fsp3) is 0.381. The first-order valence-electron chi connectivity index (χ1n) is 9.97. The van der Waals surface area contributed by atoms with Crippen LogP contribution in [0.3, 0.4) is 0 Å². The first-order chi connectivity index (χ1) is 14.9. The molecule has 0 amide bonds. The van der Waals surface area contributed by atoms with Crippen molar-refractivity contribution >= 4 is 10.0 Å². The van der Waals surface area contributed by atoms with Gasteiger partial charge in [0.25, 0.3) is 0 Å².